The zero-order valence-corrected chi connectivity index (χ0v) is 11.8. The number of hydrogen-bond donors (Lipinski definition) is 1. The molecule has 0 saturated heterocycles. The standard InChI is InChI=1S/C15H29NO/c1-4-12-16-15(11-10-13(2)17-3)14-8-6-5-7-9-14/h8,13,15-16H,4-7,9-12H2,1-3H3. The Labute approximate surface area is 107 Å². The molecule has 0 amide bonds. The topological polar surface area (TPSA) is 21.3 Å². The van der Waals surface area contributed by atoms with E-state index in [1.54, 1.807) is 12.7 Å². The smallest absolute Gasteiger partial charge is 0.0543 e. The second-order valence-electron chi connectivity index (χ2n) is 5.16. The van der Waals surface area contributed by atoms with Crippen molar-refractivity contribution in [2.45, 2.75) is 70.9 Å². The van der Waals surface area contributed by atoms with Crippen LogP contribution < -0.4 is 5.32 Å². The summed E-state index contributed by atoms with van der Waals surface area (Å²) in [6.07, 6.45) is 11.7. The molecule has 1 N–H and O–H groups in total. The van der Waals surface area contributed by atoms with Crippen LogP contribution in [0.5, 0.6) is 0 Å². The van der Waals surface area contributed by atoms with Crippen LogP contribution in [0.1, 0.15) is 58.8 Å². The van der Waals surface area contributed by atoms with Gasteiger partial charge in [-0.05, 0) is 58.4 Å². The number of rotatable bonds is 8. The van der Waals surface area contributed by atoms with Crippen molar-refractivity contribution in [3.63, 3.8) is 0 Å². The fourth-order valence-corrected chi connectivity index (χ4v) is 2.44. The molecule has 2 heteroatoms. The molecule has 0 fully saturated rings. The fourth-order valence-electron chi connectivity index (χ4n) is 2.44. The molecule has 0 bridgehead atoms. The highest BCUT2D eigenvalue weighted by atomic mass is 16.5. The number of methoxy groups -OCH3 is 1. The Morgan fingerprint density at radius 1 is 1.35 bits per heavy atom. The summed E-state index contributed by atoms with van der Waals surface area (Å²) in [4.78, 5) is 0. The third-order valence-corrected chi connectivity index (χ3v) is 3.68. The van der Waals surface area contributed by atoms with E-state index in [9.17, 15) is 0 Å². The molecule has 0 aromatic heterocycles. The molecule has 17 heavy (non-hydrogen) atoms. The summed E-state index contributed by atoms with van der Waals surface area (Å²) < 4.78 is 5.35. The van der Waals surface area contributed by atoms with Crippen LogP contribution >= 0.6 is 0 Å². The third-order valence-electron chi connectivity index (χ3n) is 3.68. The predicted octanol–water partition coefficient (Wildman–Crippen LogP) is 3.67. The van der Waals surface area contributed by atoms with Crippen LogP contribution in [-0.4, -0.2) is 25.8 Å². The molecule has 2 unspecified atom stereocenters. The van der Waals surface area contributed by atoms with E-state index in [1.807, 2.05) is 0 Å². The van der Waals surface area contributed by atoms with Gasteiger partial charge in [0.1, 0.15) is 0 Å². The van der Waals surface area contributed by atoms with Gasteiger partial charge in [-0.15, -0.1) is 0 Å². The molecule has 0 heterocycles. The van der Waals surface area contributed by atoms with E-state index in [2.05, 4.69) is 25.2 Å². The van der Waals surface area contributed by atoms with Gasteiger partial charge in [0.05, 0.1) is 6.10 Å². The molecule has 0 aromatic rings. The van der Waals surface area contributed by atoms with E-state index in [-0.39, 0.29) is 0 Å². The highest BCUT2D eigenvalue weighted by Crippen LogP contribution is 2.23. The van der Waals surface area contributed by atoms with Crippen molar-refractivity contribution < 1.29 is 4.74 Å². The summed E-state index contributed by atoms with van der Waals surface area (Å²) >= 11 is 0. The Hall–Kier alpha value is -0.340. The van der Waals surface area contributed by atoms with Gasteiger partial charge < -0.3 is 10.1 Å². The van der Waals surface area contributed by atoms with Gasteiger partial charge in [0, 0.05) is 13.2 Å². The van der Waals surface area contributed by atoms with Crippen LogP contribution in [0.3, 0.4) is 0 Å². The molecule has 0 spiro atoms. The van der Waals surface area contributed by atoms with Crippen LogP contribution in [-0.2, 0) is 4.74 Å². The van der Waals surface area contributed by atoms with Crippen LogP contribution in [0.4, 0.5) is 0 Å². The minimum Gasteiger partial charge on any atom is -0.382 e. The quantitative estimate of drug-likeness (QED) is 0.653. The molecule has 2 atom stereocenters. The summed E-state index contributed by atoms with van der Waals surface area (Å²) in [5, 5.41) is 3.69. The number of allylic oxidation sites excluding steroid dienone is 1. The molecule has 2 nitrogen and oxygen atoms in total. The second-order valence-corrected chi connectivity index (χ2v) is 5.16. The van der Waals surface area contributed by atoms with E-state index in [4.69, 9.17) is 4.74 Å². The molecule has 0 saturated carbocycles. The minimum absolute atomic E-state index is 0.380. The largest absolute Gasteiger partial charge is 0.382 e. The van der Waals surface area contributed by atoms with Crippen LogP contribution in [0.25, 0.3) is 0 Å². The molecule has 1 rings (SSSR count). The fraction of sp³-hybridized carbons (Fsp3) is 0.867. The van der Waals surface area contributed by atoms with Crippen molar-refractivity contribution in [1.29, 1.82) is 0 Å². The Balaban J connectivity index is 2.44. The third kappa shape index (κ3) is 5.69. The summed E-state index contributed by atoms with van der Waals surface area (Å²) in [6.45, 7) is 5.52. The lowest BCUT2D eigenvalue weighted by atomic mass is 9.91. The SMILES string of the molecule is CCCNC(CCC(C)OC)C1=CCCCC1. The number of nitrogens with one attached hydrogen (secondary N) is 1. The number of hydrogen-bond acceptors (Lipinski definition) is 2. The zero-order chi connectivity index (χ0) is 12.5. The van der Waals surface area contributed by atoms with Crippen molar-refractivity contribution in [2.24, 2.45) is 0 Å². The normalized spacial score (nSPS) is 19.8. The molecule has 1 aliphatic rings. The van der Waals surface area contributed by atoms with Crippen molar-refractivity contribution >= 4 is 0 Å². The van der Waals surface area contributed by atoms with Gasteiger partial charge in [-0.3, -0.25) is 0 Å². The van der Waals surface area contributed by atoms with Crippen molar-refractivity contribution in [3.8, 4) is 0 Å². The maximum absolute atomic E-state index is 5.35. The number of ether oxygens (including phenoxy) is 1. The molecular formula is C15H29NO. The first-order valence-corrected chi connectivity index (χ1v) is 7.23. The maximum Gasteiger partial charge on any atom is 0.0543 e. The van der Waals surface area contributed by atoms with E-state index in [0.29, 0.717) is 12.1 Å². The van der Waals surface area contributed by atoms with Crippen molar-refractivity contribution in [2.75, 3.05) is 13.7 Å². The van der Waals surface area contributed by atoms with Crippen molar-refractivity contribution in [3.05, 3.63) is 11.6 Å². The van der Waals surface area contributed by atoms with Gasteiger partial charge in [0.25, 0.3) is 0 Å². The van der Waals surface area contributed by atoms with Gasteiger partial charge in [-0.1, -0.05) is 18.6 Å². The highest BCUT2D eigenvalue weighted by molar-refractivity contribution is 5.13. The second kappa shape index (κ2) is 8.71. The first-order chi connectivity index (χ1) is 8.27. The van der Waals surface area contributed by atoms with Crippen LogP contribution in [0, 0.1) is 0 Å². The minimum atomic E-state index is 0.380. The lowest BCUT2D eigenvalue weighted by Crippen LogP contribution is -2.33. The van der Waals surface area contributed by atoms with Gasteiger partial charge in [0.2, 0.25) is 0 Å². The van der Waals surface area contributed by atoms with Gasteiger partial charge in [-0.25, -0.2) is 0 Å². The van der Waals surface area contributed by atoms with E-state index >= 15 is 0 Å². The first kappa shape index (κ1) is 14.7. The van der Waals surface area contributed by atoms with Crippen LogP contribution in [0.2, 0.25) is 0 Å². The van der Waals surface area contributed by atoms with E-state index < -0.39 is 0 Å². The summed E-state index contributed by atoms with van der Waals surface area (Å²) in [5.74, 6) is 0. The Morgan fingerprint density at radius 2 is 2.18 bits per heavy atom. The van der Waals surface area contributed by atoms with Crippen molar-refractivity contribution in [1.82, 2.24) is 5.32 Å². The average molecular weight is 239 g/mol. The zero-order valence-electron chi connectivity index (χ0n) is 11.8. The lowest BCUT2D eigenvalue weighted by Gasteiger charge is -2.25. The first-order valence-electron chi connectivity index (χ1n) is 7.23. The maximum atomic E-state index is 5.35. The van der Waals surface area contributed by atoms with Crippen LogP contribution in [0.15, 0.2) is 11.6 Å². The Morgan fingerprint density at radius 3 is 2.76 bits per heavy atom. The van der Waals surface area contributed by atoms with E-state index in [0.717, 1.165) is 13.0 Å². The molecule has 0 radical (unpaired) electrons. The van der Waals surface area contributed by atoms with Gasteiger partial charge >= 0.3 is 0 Å². The van der Waals surface area contributed by atoms with Gasteiger partial charge in [-0.2, -0.15) is 0 Å². The Kier molecular flexibility index (Phi) is 7.54. The molecule has 0 aromatic carbocycles. The Bertz CT molecular complexity index is 225. The molecule has 0 aliphatic heterocycles. The predicted molar refractivity (Wildman–Crippen MR) is 74.3 cm³/mol. The summed E-state index contributed by atoms with van der Waals surface area (Å²) in [7, 11) is 1.80. The molecule has 100 valence electrons. The van der Waals surface area contributed by atoms with Gasteiger partial charge in [0.15, 0.2) is 0 Å². The average Bonchev–Trinajstić information content (AvgIpc) is 2.39. The lowest BCUT2D eigenvalue weighted by molar-refractivity contribution is 0.107. The molecule has 1 aliphatic carbocycles. The summed E-state index contributed by atoms with van der Waals surface area (Å²) in [5.41, 5.74) is 1.65. The monoisotopic (exact) mass is 239 g/mol. The highest BCUT2D eigenvalue weighted by Gasteiger charge is 2.16. The van der Waals surface area contributed by atoms with E-state index in [1.165, 1.54) is 38.5 Å². The molecular weight excluding hydrogens is 210 g/mol. The summed E-state index contributed by atoms with van der Waals surface area (Å²) in [6, 6.07) is 0.591.